The van der Waals surface area contributed by atoms with Gasteiger partial charge >= 0.3 is 0 Å². The van der Waals surface area contributed by atoms with Crippen molar-refractivity contribution in [2.24, 2.45) is 5.92 Å². The molecule has 126 valence electrons. The Bertz CT molecular complexity index is 729. The van der Waals surface area contributed by atoms with Crippen LogP contribution in [-0.4, -0.2) is 29.9 Å². The van der Waals surface area contributed by atoms with Crippen LogP contribution in [0, 0.1) is 5.92 Å². The molecule has 1 aliphatic carbocycles. The number of hydrogen-bond donors (Lipinski definition) is 1. The smallest absolute Gasteiger partial charge is 0.223 e. The van der Waals surface area contributed by atoms with Gasteiger partial charge in [-0.3, -0.25) is 9.69 Å². The van der Waals surface area contributed by atoms with E-state index in [1.807, 2.05) is 0 Å². The van der Waals surface area contributed by atoms with E-state index in [0.29, 0.717) is 18.0 Å². The van der Waals surface area contributed by atoms with E-state index in [-0.39, 0.29) is 5.91 Å². The first kappa shape index (κ1) is 15.6. The number of nitrogens with one attached hydrogen (secondary N) is 1. The lowest BCUT2D eigenvalue weighted by Crippen LogP contribution is -2.45. The number of fused-ring (bicyclic) bond motifs is 1. The number of hydrogen-bond acceptors (Lipinski definition) is 2. The summed E-state index contributed by atoms with van der Waals surface area (Å²) in [6.07, 6.45) is 4.31. The first-order chi connectivity index (χ1) is 11.7. The molecule has 1 amide bonds. The quantitative estimate of drug-likeness (QED) is 0.926. The molecule has 3 nitrogen and oxygen atoms in total. The number of nitrogens with zero attached hydrogens (tertiary/aromatic N) is 1. The van der Waals surface area contributed by atoms with Crippen molar-refractivity contribution in [1.82, 2.24) is 10.2 Å². The summed E-state index contributed by atoms with van der Waals surface area (Å²) in [5.74, 6) is 0.607. The van der Waals surface area contributed by atoms with E-state index in [1.165, 1.54) is 16.3 Å². The minimum absolute atomic E-state index is 0.288. The third-order valence-electron chi connectivity index (χ3n) is 5.63. The predicted octanol–water partition coefficient (Wildman–Crippen LogP) is 3.89. The maximum absolute atomic E-state index is 11.9. The Morgan fingerprint density at radius 2 is 1.75 bits per heavy atom. The molecule has 2 fully saturated rings. The summed E-state index contributed by atoms with van der Waals surface area (Å²) >= 11 is 0. The van der Waals surface area contributed by atoms with Crippen LogP contribution in [0.5, 0.6) is 0 Å². The van der Waals surface area contributed by atoms with Crippen molar-refractivity contribution in [3.63, 3.8) is 0 Å². The molecule has 1 saturated heterocycles. The van der Waals surface area contributed by atoms with E-state index >= 15 is 0 Å². The van der Waals surface area contributed by atoms with E-state index in [4.69, 9.17) is 0 Å². The van der Waals surface area contributed by atoms with Gasteiger partial charge in [0.2, 0.25) is 5.91 Å². The zero-order chi connectivity index (χ0) is 16.5. The van der Waals surface area contributed by atoms with Crippen LogP contribution in [0.1, 0.15) is 44.2 Å². The normalized spacial score (nSPS) is 20.9. The van der Waals surface area contributed by atoms with E-state index in [9.17, 15) is 4.79 Å². The average Bonchev–Trinajstić information content (AvgIpc) is 3.46. The Morgan fingerprint density at radius 1 is 1.04 bits per heavy atom. The van der Waals surface area contributed by atoms with Crippen LogP contribution < -0.4 is 5.32 Å². The lowest BCUT2D eigenvalue weighted by Gasteiger charge is -2.36. The van der Waals surface area contributed by atoms with E-state index < -0.39 is 0 Å². The molecule has 0 spiro atoms. The summed E-state index contributed by atoms with van der Waals surface area (Å²) in [7, 11) is 0. The monoisotopic (exact) mass is 322 g/mol. The first-order valence-corrected chi connectivity index (χ1v) is 9.24. The van der Waals surface area contributed by atoms with Crippen LogP contribution in [0.4, 0.5) is 0 Å². The Labute approximate surface area is 144 Å². The molecule has 1 heterocycles. The number of amides is 1. The lowest BCUT2D eigenvalue weighted by molar-refractivity contribution is -0.123. The second-order valence-corrected chi connectivity index (χ2v) is 7.38. The minimum atomic E-state index is 0.288. The van der Waals surface area contributed by atoms with Crippen molar-refractivity contribution in [2.45, 2.75) is 44.7 Å². The molecule has 1 atom stereocenters. The molecule has 1 aliphatic heterocycles. The van der Waals surface area contributed by atoms with Crippen molar-refractivity contribution in [3.05, 3.63) is 48.0 Å². The van der Waals surface area contributed by atoms with Gasteiger partial charge in [0.1, 0.15) is 0 Å². The molecule has 2 aromatic rings. The molecule has 3 heteroatoms. The van der Waals surface area contributed by atoms with Crippen LogP contribution in [0.25, 0.3) is 10.8 Å². The third kappa shape index (κ3) is 3.32. The molecule has 0 radical (unpaired) electrons. The first-order valence-electron chi connectivity index (χ1n) is 9.24. The fourth-order valence-electron chi connectivity index (χ4n) is 3.77. The minimum Gasteiger partial charge on any atom is -0.353 e. The Hall–Kier alpha value is -1.87. The van der Waals surface area contributed by atoms with Gasteiger partial charge in [-0.25, -0.2) is 0 Å². The van der Waals surface area contributed by atoms with Crippen LogP contribution >= 0.6 is 0 Å². The molecule has 2 aromatic carbocycles. The van der Waals surface area contributed by atoms with Crippen LogP contribution in [0.15, 0.2) is 42.5 Å². The Morgan fingerprint density at radius 3 is 2.46 bits per heavy atom. The highest BCUT2D eigenvalue weighted by atomic mass is 16.2. The maximum atomic E-state index is 11.9. The number of carbonyl (C=O) groups excluding carboxylic acids is 1. The lowest BCUT2D eigenvalue weighted by atomic mass is 9.98. The number of carbonyl (C=O) groups is 1. The largest absolute Gasteiger partial charge is 0.353 e. The van der Waals surface area contributed by atoms with Crippen molar-refractivity contribution < 1.29 is 4.79 Å². The average molecular weight is 322 g/mol. The van der Waals surface area contributed by atoms with Gasteiger partial charge in [-0.2, -0.15) is 0 Å². The third-order valence-corrected chi connectivity index (χ3v) is 5.63. The summed E-state index contributed by atoms with van der Waals surface area (Å²) < 4.78 is 0. The zero-order valence-corrected chi connectivity index (χ0v) is 14.4. The van der Waals surface area contributed by atoms with Crippen LogP contribution in [0.2, 0.25) is 0 Å². The van der Waals surface area contributed by atoms with Crippen molar-refractivity contribution in [3.8, 4) is 0 Å². The van der Waals surface area contributed by atoms with Gasteiger partial charge in [0.05, 0.1) is 0 Å². The fourth-order valence-corrected chi connectivity index (χ4v) is 3.77. The molecule has 1 saturated carbocycles. The predicted molar refractivity (Wildman–Crippen MR) is 97.8 cm³/mol. The maximum Gasteiger partial charge on any atom is 0.223 e. The van der Waals surface area contributed by atoms with Crippen molar-refractivity contribution in [2.75, 3.05) is 13.1 Å². The molecule has 1 N–H and O–H groups in total. The standard InChI is InChI=1S/C21H26N2O/c1-15(18-9-6-16-4-2-3-5-19(16)14-18)23-12-10-20(11-13-23)22-21(24)17-7-8-17/h2-6,9,14-15,17,20H,7-8,10-13H2,1H3,(H,22,24)/t15-/m0/s1. The van der Waals surface area contributed by atoms with E-state index in [2.05, 4.69) is 59.6 Å². The molecule has 0 unspecified atom stereocenters. The number of benzene rings is 2. The Balaban J connectivity index is 1.37. The van der Waals surface area contributed by atoms with Gasteiger partial charge in [-0.15, -0.1) is 0 Å². The van der Waals surface area contributed by atoms with Crippen molar-refractivity contribution in [1.29, 1.82) is 0 Å². The molecule has 2 aliphatic rings. The second-order valence-electron chi connectivity index (χ2n) is 7.38. The number of piperidine rings is 1. The van der Waals surface area contributed by atoms with Crippen LogP contribution in [0.3, 0.4) is 0 Å². The van der Waals surface area contributed by atoms with Gasteiger partial charge in [0, 0.05) is 31.1 Å². The molecular formula is C21H26N2O. The molecule has 0 aromatic heterocycles. The summed E-state index contributed by atoms with van der Waals surface area (Å²) in [5.41, 5.74) is 1.38. The van der Waals surface area contributed by atoms with Gasteiger partial charge in [-0.1, -0.05) is 36.4 Å². The summed E-state index contributed by atoms with van der Waals surface area (Å²) in [4.78, 5) is 14.5. The molecule has 4 rings (SSSR count). The zero-order valence-electron chi connectivity index (χ0n) is 14.4. The molecule has 0 bridgehead atoms. The molecule has 24 heavy (non-hydrogen) atoms. The summed E-state index contributed by atoms with van der Waals surface area (Å²) in [6, 6.07) is 16.1. The van der Waals surface area contributed by atoms with Crippen molar-refractivity contribution >= 4 is 16.7 Å². The van der Waals surface area contributed by atoms with E-state index in [0.717, 1.165) is 38.8 Å². The van der Waals surface area contributed by atoms with Crippen LogP contribution in [-0.2, 0) is 4.79 Å². The topological polar surface area (TPSA) is 32.3 Å². The SMILES string of the molecule is C[C@@H](c1ccc2ccccc2c1)N1CCC(NC(=O)C2CC2)CC1. The van der Waals surface area contributed by atoms with Gasteiger partial charge in [-0.05, 0) is 55.0 Å². The highest BCUT2D eigenvalue weighted by Crippen LogP contribution is 2.30. The second kappa shape index (κ2) is 6.56. The summed E-state index contributed by atoms with van der Waals surface area (Å²) in [5, 5.41) is 5.85. The van der Waals surface area contributed by atoms with Gasteiger partial charge < -0.3 is 5.32 Å². The molecular weight excluding hydrogens is 296 g/mol. The van der Waals surface area contributed by atoms with Gasteiger partial charge in [0.15, 0.2) is 0 Å². The number of likely N-dealkylation sites (tertiary alicyclic amines) is 1. The fraction of sp³-hybridized carbons (Fsp3) is 0.476. The Kier molecular flexibility index (Phi) is 4.28. The van der Waals surface area contributed by atoms with E-state index in [1.54, 1.807) is 0 Å². The summed E-state index contributed by atoms with van der Waals surface area (Å²) in [6.45, 7) is 4.42. The van der Waals surface area contributed by atoms with Gasteiger partial charge in [0.25, 0.3) is 0 Å². The number of rotatable bonds is 4. The highest BCUT2D eigenvalue weighted by molar-refractivity contribution is 5.83. The highest BCUT2D eigenvalue weighted by Gasteiger charge is 2.32.